The fraction of sp³-hybridized carbons (Fsp3) is 0.489. The van der Waals surface area contributed by atoms with Gasteiger partial charge < -0.3 is 35.6 Å². The van der Waals surface area contributed by atoms with Crippen LogP contribution < -0.4 is 35.5 Å². The molecular weight excluding hydrogens is 869 g/mol. The number of nitrogens with zero attached hydrogens (tertiary/aromatic N) is 3. The minimum absolute atomic E-state index is 0.00574. The van der Waals surface area contributed by atoms with Crippen molar-refractivity contribution in [2.45, 2.75) is 108 Å². The standard InChI is InChI=1S/C47H60N8O8S2/c1-28(2)20-30(43(57)48-5)21-42(56)55-26-33(63-40-24-37(38-27-64-46(52-38)50-29(3)4)51-36-22-32(62-6)17-18-34(36)40)23-39(55)44(58)53-47-25-31(47)14-10-8-7-9-13-19-49-35-15-11-12-16-41(35)65(60,61)54-45(47)59/h10-12,14-18,22,24,27-31,33,39,49H,7-9,13,19-21,23,25-26H2,1-6H3,(H,48,57)(H,50,52)(H,53,58)(H,54,59)/t30-,31+,33+,39-,47+/m0/s1. The molecule has 1 saturated heterocycles. The van der Waals surface area contributed by atoms with Crippen LogP contribution >= 0.6 is 11.3 Å². The highest BCUT2D eigenvalue weighted by atomic mass is 32.2. The number of amides is 4. The van der Waals surface area contributed by atoms with Crippen molar-refractivity contribution in [1.82, 2.24) is 30.2 Å². The number of thiazole rings is 1. The largest absolute Gasteiger partial charge is 0.497 e. The van der Waals surface area contributed by atoms with Gasteiger partial charge in [-0.25, -0.2) is 23.1 Å². The molecule has 0 unspecified atom stereocenters. The topological polar surface area (TPSA) is 210 Å². The Morgan fingerprint density at radius 2 is 1.83 bits per heavy atom. The molecule has 4 aromatic rings. The third-order valence-corrected chi connectivity index (χ3v) is 14.2. The maximum Gasteiger partial charge on any atom is 0.266 e. The summed E-state index contributed by atoms with van der Waals surface area (Å²) in [5.74, 6) is -2.21. The monoisotopic (exact) mass is 928 g/mol. The molecule has 4 heterocycles. The van der Waals surface area contributed by atoms with Crippen LogP contribution in [0.15, 0.2) is 71.0 Å². The van der Waals surface area contributed by atoms with E-state index in [0.29, 0.717) is 52.4 Å². The van der Waals surface area contributed by atoms with Crippen molar-refractivity contribution in [2.24, 2.45) is 17.8 Å². The van der Waals surface area contributed by atoms with Crippen LogP contribution in [0.2, 0.25) is 0 Å². The summed E-state index contributed by atoms with van der Waals surface area (Å²) in [6, 6.07) is 12.7. The molecule has 3 aliphatic rings. The number of anilines is 2. The van der Waals surface area contributed by atoms with E-state index >= 15 is 0 Å². The number of benzene rings is 2. The Hall–Kier alpha value is -5.75. The second-order valence-corrected chi connectivity index (χ2v) is 20.3. The van der Waals surface area contributed by atoms with Gasteiger partial charge in [-0.15, -0.1) is 11.3 Å². The van der Waals surface area contributed by atoms with Crippen molar-refractivity contribution in [2.75, 3.05) is 37.9 Å². The van der Waals surface area contributed by atoms with Crippen LogP contribution in [0.3, 0.4) is 0 Å². The first-order valence-corrected chi connectivity index (χ1v) is 24.7. The van der Waals surface area contributed by atoms with Gasteiger partial charge in [0.05, 0.1) is 30.6 Å². The van der Waals surface area contributed by atoms with Crippen molar-refractivity contribution in [3.63, 3.8) is 0 Å². The lowest BCUT2D eigenvalue weighted by molar-refractivity contribution is -0.142. The highest BCUT2D eigenvalue weighted by molar-refractivity contribution is 7.90. The zero-order valence-electron chi connectivity index (χ0n) is 37.8. The summed E-state index contributed by atoms with van der Waals surface area (Å²) in [7, 11) is -1.28. The molecule has 1 aliphatic carbocycles. The zero-order valence-corrected chi connectivity index (χ0v) is 39.4. The number of para-hydroxylation sites is 1. The number of hydrogen-bond acceptors (Lipinski definition) is 13. The molecule has 0 spiro atoms. The predicted molar refractivity (Wildman–Crippen MR) is 251 cm³/mol. The fourth-order valence-electron chi connectivity index (χ4n) is 8.66. The number of hydrogen-bond donors (Lipinski definition) is 5. The first kappa shape index (κ1) is 47.2. The predicted octanol–water partition coefficient (Wildman–Crippen LogP) is 6.26. The molecule has 348 valence electrons. The number of allylic oxidation sites excluding steroid dienone is 1. The van der Waals surface area contributed by atoms with Crippen molar-refractivity contribution < 1.29 is 37.1 Å². The van der Waals surface area contributed by atoms with Crippen LogP contribution in [0.25, 0.3) is 22.3 Å². The van der Waals surface area contributed by atoms with Gasteiger partial charge >= 0.3 is 0 Å². The number of rotatable bonds is 13. The molecule has 65 heavy (non-hydrogen) atoms. The number of pyridine rings is 1. The fourth-order valence-corrected chi connectivity index (χ4v) is 10.7. The molecule has 0 radical (unpaired) electrons. The number of methoxy groups -OCH3 is 1. The zero-order chi connectivity index (χ0) is 46.5. The lowest BCUT2D eigenvalue weighted by Gasteiger charge is -2.28. The highest BCUT2D eigenvalue weighted by Crippen LogP contribution is 2.46. The summed E-state index contributed by atoms with van der Waals surface area (Å²) < 4.78 is 42.3. The highest BCUT2D eigenvalue weighted by Gasteiger charge is 2.61. The van der Waals surface area contributed by atoms with Gasteiger partial charge in [-0.2, -0.15) is 0 Å². The Morgan fingerprint density at radius 3 is 2.58 bits per heavy atom. The van der Waals surface area contributed by atoms with E-state index in [2.05, 4.69) is 26.0 Å². The Labute approximate surface area is 384 Å². The molecule has 5 atom stereocenters. The van der Waals surface area contributed by atoms with Crippen molar-refractivity contribution in [3.8, 4) is 22.9 Å². The van der Waals surface area contributed by atoms with Crippen molar-refractivity contribution >= 4 is 66.7 Å². The first-order chi connectivity index (χ1) is 31.1. The third-order valence-electron chi connectivity index (χ3n) is 12.0. The molecule has 2 aromatic heterocycles. The first-order valence-electron chi connectivity index (χ1n) is 22.4. The summed E-state index contributed by atoms with van der Waals surface area (Å²) in [5, 5.41) is 15.5. The summed E-state index contributed by atoms with van der Waals surface area (Å²) in [5.41, 5.74) is 0.529. The number of carbonyl (C=O) groups is 4. The van der Waals surface area contributed by atoms with Gasteiger partial charge in [0.2, 0.25) is 17.7 Å². The van der Waals surface area contributed by atoms with Gasteiger partial charge in [0.1, 0.15) is 39.8 Å². The summed E-state index contributed by atoms with van der Waals surface area (Å²) in [6.07, 6.45) is 7.00. The molecular formula is C47H60N8O8S2. The van der Waals surface area contributed by atoms with E-state index in [1.54, 1.807) is 43.5 Å². The van der Waals surface area contributed by atoms with Crippen LogP contribution in [-0.4, -0.2) is 97.9 Å². The van der Waals surface area contributed by atoms with E-state index in [4.69, 9.17) is 19.4 Å². The SMILES string of the molecule is CNC(=O)[C@H](CC(=O)N1C[C@H](Oc2cc(-c3csc(NC(C)C)n3)nc3cc(OC)ccc23)C[C@H]1C(=O)N[C@]12C[C@H]1C=CCCCCCNc1ccccc1S(=O)(=O)NC2=O)CC(C)C. The molecule has 7 rings (SSSR count). The quantitative estimate of drug-likeness (QED) is 0.0942. The molecule has 2 fully saturated rings. The van der Waals surface area contributed by atoms with Crippen LogP contribution in [0, 0.1) is 17.8 Å². The Kier molecular flexibility index (Phi) is 14.7. The van der Waals surface area contributed by atoms with E-state index < -0.39 is 57.3 Å². The number of sulfonamides is 1. The Bertz CT molecular complexity index is 2550. The Balaban J connectivity index is 1.21. The Morgan fingerprint density at radius 1 is 1.03 bits per heavy atom. The number of carbonyl (C=O) groups excluding carboxylic acids is 4. The summed E-state index contributed by atoms with van der Waals surface area (Å²) in [4.78, 5) is 67.7. The van der Waals surface area contributed by atoms with Crippen molar-refractivity contribution in [1.29, 1.82) is 0 Å². The van der Waals surface area contributed by atoms with E-state index in [1.165, 1.54) is 29.4 Å². The molecule has 1 saturated carbocycles. The number of likely N-dealkylation sites (tertiary alicyclic amines) is 1. The van der Waals surface area contributed by atoms with Gasteiger partial charge in [-0.3, -0.25) is 19.2 Å². The normalized spacial score (nSPS) is 22.4. The molecule has 0 bridgehead atoms. The number of fused-ring (bicyclic) bond motifs is 3. The maximum atomic E-state index is 14.8. The van der Waals surface area contributed by atoms with Crippen molar-refractivity contribution in [3.05, 3.63) is 66.1 Å². The average molecular weight is 929 g/mol. The van der Waals surface area contributed by atoms with E-state index in [0.717, 1.165) is 30.8 Å². The van der Waals surface area contributed by atoms with Crippen LogP contribution in [0.5, 0.6) is 11.5 Å². The van der Waals surface area contributed by atoms with E-state index in [-0.39, 0.29) is 48.6 Å². The number of aromatic nitrogens is 2. The molecule has 2 aliphatic heterocycles. The van der Waals surface area contributed by atoms with Gasteiger partial charge in [-0.1, -0.05) is 44.6 Å². The third kappa shape index (κ3) is 11.0. The smallest absolute Gasteiger partial charge is 0.266 e. The second kappa shape index (κ2) is 20.2. The van der Waals surface area contributed by atoms with Crippen LogP contribution in [0.4, 0.5) is 10.8 Å². The van der Waals surface area contributed by atoms with Gasteiger partial charge in [0, 0.05) is 67.2 Å². The van der Waals surface area contributed by atoms with Crippen LogP contribution in [-0.2, 0) is 29.2 Å². The molecule has 2 aromatic carbocycles. The second-order valence-electron chi connectivity index (χ2n) is 17.8. The number of nitrogens with one attached hydrogen (secondary N) is 5. The van der Waals surface area contributed by atoms with Gasteiger partial charge in [0.15, 0.2) is 5.13 Å². The maximum absolute atomic E-state index is 14.8. The lowest BCUT2D eigenvalue weighted by Crippen LogP contribution is -2.56. The minimum Gasteiger partial charge on any atom is -0.497 e. The van der Waals surface area contributed by atoms with E-state index in [9.17, 15) is 27.6 Å². The number of ether oxygens (including phenoxy) is 2. The average Bonchev–Trinajstić information content (AvgIpc) is 3.53. The van der Waals surface area contributed by atoms with Gasteiger partial charge in [0.25, 0.3) is 15.9 Å². The van der Waals surface area contributed by atoms with E-state index in [1.807, 2.05) is 51.3 Å². The molecule has 18 heteroatoms. The van der Waals surface area contributed by atoms with Gasteiger partial charge in [-0.05, 0) is 76.1 Å². The summed E-state index contributed by atoms with van der Waals surface area (Å²) in [6.45, 7) is 8.56. The summed E-state index contributed by atoms with van der Waals surface area (Å²) >= 11 is 1.45. The van der Waals surface area contributed by atoms with Crippen LogP contribution in [0.1, 0.15) is 79.1 Å². The minimum atomic E-state index is -4.38. The lowest BCUT2D eigenvalue weighted by atomic mass is 9.92. The molecule has 5 N–H and O–H groups in total. The molecule has 16 nitrogen and oxygen atoms in total. The molecule has 4 amide bonds.